The highest BCUT2D eigenvalue weighted by Gasteiger charge is 2.16. The quantitative estimate of drug-likeness (QED) is 0.718. The zero-order chi connectivity index (χ0) is 10.1. The number of hydrogen-bond acceptors (Lipinski definition) is 4. The Morgan fingerprint density at radius 1 is 1.62 bits per heavy atom. The molecule has 1 aromatic rings. The van der Waals surface area contributed by atoms with E-state index < -0.39 is 10.0 Å². The van der Waals surface area contributed by atoms with E-state index in [0.29, 0.717) is 5.56 Å². The molecule has 0 amide bonds. The topological polar surface area (TPSA) is 73.0 Å². The van der Waals surface area contributed by atoms with E-state index in [1.807, 2.05) is 0 Å². The molecule has 0 fully saturated rings. The molecule has 0 aromatic carbocycles. The predicted molar refractivity (Wildman–Crippen MR) is 53.0 cm³/mol. The van der Waals surface area contributed by atoms with Crippen LogP contribution in [0.1, 0.15) is 17.7 Å². The Morgan fingerprint density at radius 3 is 2.62 bits per heavy atom. The summed E-state index contributed by atoms with van der Waals surface area (Å²) in [6.45, 7) is 1.76. The van der Waals surface area contributed by atoms with Crippen molar-refractivity contribution < 1.29 is 8.42 Å². The van der Waals surface area contributed by atoms with Crippen molar-refractivity contribution in [3.05, 3.63) is 23.9 Å². The van der Waals surface area contributed by atoms with Gasteiger partial charge in [0.15, 0.2) is 5.03 Å². The molecule has 1 atom stereocenters. The number of primary sulfonamides is 1. The van der Waals surface area contributed by atoms with E-state index >= 15 is 0 Å². The fourth-order valence-corrected chi connectivity index (χ4v) is 2.04. The normalized spacial score (nSPS) is 14.1. The molecule has 0 aliphatic heterocycles. The summed E-state index contributed by atoms with van der Waals surface area (Å²) in [7, 11) is -3.74. The van der Waals surface area contributed by atoms with Gasteiger partial charge < -0.3 is 0 Å². The first-order valence-corrected chi connectivity index (χ1v) is 5.65. The van der Waals surface area contributed by atoms with Gasteiger partial charge in [-0.05, 0) is 13.0 Å². The minimum absolute atomic E-state index is 0.0995. The fourth-order valence-electron chi connectivity index (χ4n) is 0.959. The Bertz CT molecular complexity index is 401. The van der Waals surface area contributed by atoms with Crippen LogP contribution in [0.2, 0.25) is 0 Å². The van der Waals surface area contributed by atoms with Crippen molar-refractivity contribution in [1.29, 1.82) is 0 Å². The van der Waals surface area contributed by atoms with Crippen LogP contribution in [-0.2, 0) is 10.0 Å². The number of aromatic nitrogens is 1. The summed E-state index contributed by atoms with van der Waals surface area (Å²) in [5.41, 5.74) is 0.522. The molecule has 0 aliphatic carbocycles. The maximum atomic E-state index is 11.0. The summed E-state index contributed by atoms with van der Waals surface area (Å²) in [5.74, 6) is 0. The Morgan fingerprint density at radius 2 is 2.23 bits per heavy atom. The lowest BCUT2D eigenvalue weighted by Gasteiger charge is -2.07. The molecular formula is C7H10N2O2S2. The van der Waals surface area contributed by atoms with Gasteiger partial charge >= 0.3 is 0 Å². The molecule has 6 heteroatoms. The molecule has 1 rings (SSSR count). The van der Waals surface area contributed by atoms with Crippen molar-refractivity contribution in [1.82, 2.24) is 4.98 Å². The molecular weight excluding hydrogens is 208 g/mol. The summed E-state index contributed by atoms with van der Waals surface area (Å²) >= 11 is 4.13. The first-order valence-electron chi connectivity index (χ1n) is 3.58. The smallest absolute Gasteiger partial charge is 0.243 e. The second-order valence-electron chi connectivity index (χ2n) is 2.62. The van der Waals surface area contributed by atoms with Crippen LogP contribution in [0.15, 0.2) is 23.4 Å². The summed E-state index contributed by atoms with van der Waals surface area (Å²) in [6, 6.07) is 3.29. The SMILES string of the molecule is CC(S)c1cccnc1S(N)(=O)=O. The van der Waals surface area contributed by atoms with Gasteiger partial charge in [0.2, 0.25) is 0 Å². The fraction of sp³-hybridized carbons (Fsp3) is 0.286. The van der Waals surface area contributed by atoms with Crippen molar-refractivity contribution in [3.8, 4) is 0 Å². The van der Waals surface area contributed by atoms with E-state index in [0.717, 1.165) is 0 Å². The molecule has 0 bridgehead atoms. The average molecular weight is 218 g/mol. The summed E-state index contributed by atoms with van der Waals surface area (Å²) in [5, 5.41) is 4.67. The molecule has 1 unspecified atom stereocenters. The number of nitrogens with two attached hydrogens (primary N) is 1. The largest absolute Gasteiger partial charge is 0.255 e. The van der Waals surface area contributed by atoms with Gasteiger partial charge in [0, 0.05) is 17.0 Å². The average Bonchev–Trinajstić information content (AvgIpc) is 2.03. The Balaban J connectivity index is 3.37. The van der Waals surface area contributed by atoms with Crippen molar-refractivity contribution in [2.24, 2.45) is 5.14 Å². The van der Waals surface area contributed by atoms with Crippen LogP contribution in [-0.4, -0.2) is 13.4 Å². The Kier molecular flexibility index (Phi) is 2.94. The maximum Gasteiger partial charge on any atom is 0.255 e. The number of pyridine rings is 1. The van der Waals surface area contributed by atoms with Gasteiger partial charge in [-0.15, -0.1) is 0 Å². The van der Waals surface area contributed by atoms with Crippen molar-refractivity contribution >= 4 is 22.7 Å². The lowest BCUT2D eigenvalue weighted by molar-refractivity contribution is 0.592. The zero-order valence-electron chi connectivity index (χ0n) is 7.01. The van der Waals surface area contributed by atoms with Gasteiger partial charge in [0.1, 0.15) is 0 Å². The number of thiol groups is 1. The number of rotatable bonds is 2. The molecule has 2 N–H and O–H groups in total. The molecule has 0 radical (unpaired) electrons. The molecule has 1 aromatic heterocycles. The van der Waals surface area contributed by atoms with Gasteiger partial charge in [-0.1, -0.05) is 6.07 Å². The second kappa shape index (κ2) is 3.65. The van der Waals surface area contributed by atoms with Crippen LogP contribution >= 0.6 is 12.6 Å². The van der Waals surface area contributed by atoms with Crippen molar-refractivity contribution in [2.75, 3.05) is 0 Å². The molecule has 1 heterocycles. The predicted octanol–water partition coefficient (Wildman–Crippen LogP) is 0.720. The van der Waals surface area contributed by atoms with Crippen LogP contribution in [0.4, 0.5) is 0 Å². The maximum absolute atomic E-state index is 11.0. The van der Waals surface area contributed by atoms with Gasteiger partial charge in [-0.3, -0.25) is 0 Å². The lowest BCUT2D eigenvalue weighted by atomic mass is 10.2. The molecule has 0 saturated heterocycles. The van der Waals surface area contributed by atoms with Crippen LogP contribution < -0.4 is 5.14 Å². The monoisotopic (exact) mass is 218 g/mol. The second-order valence-corrected chi connectivity index (χ2v) is 4.87. The third-order valence-corrected chi connectivity index (χ3v) is 2.68. The number of hydrogen-bond donors (Lipinski definition) is 2. The molecule has 13 heavy (non-hydrogen) atoms. The van der Waals surface area contributed by atoms with Crippen LogP contribution in [0.3, 0.4) is 0 Å². The van der Waals surface area contributed by atoms with E-state index in [1.165, 1.54) is 6.20 Å². The Hall–Kier alpha value is -0.590. The summed E-state index contributed by atoms with van der Waals surface area (Å²) in [4.78, 5) is 3.71. The van der Waals surface area contributed by atoms with Gasteiger partial charge in [-0.2, -0.15) is 12.6 Å². The van der Waals surface area contributed by atoms with Gasteiger partial charge in [0.05, 0.1) is 0 Å². The third-order valence-electron chi connectivity index (χ3n) is 1.52. The van der Waals surface area contributed by atoms with Gasteiger partial charge in [0.25, 0.3) is 10.0 Å². The molecule has 0 saturated carbocycles. The number of sulfonamides is 1. The lowest BCUT2D eigenvalue weighted by Crippen LogP contribution is -2.16. The zero-order valence-corrected chi connectivity index (χ0v) is 8.72. The molecule has 0 aliphatic rings. The van der Waals surface area contributed by atoms with E-state index in [2.05, 4.69) is 17.6 Å². The third kappa shape index (κ3) is 2.43. The highest BCUT2D eigenvalue weighted by Crippen LogP contribution is 2.23. The van der Waals surface area contributed by atoms with Crippen LogP contribution in [0.25, 0.3) is 0 Å². The molecule has 0 spiro atoms. The summed E-state index contributed by atoms with van der Waals surface area (Å²) in [6.07, 6.45) is 1.39. The first-order chi connectivity index (χ1) is 5.93. The summed E-state index contributed by atoms with van der Waals surface area (Å²) < 4.78 is 22.1. The minimum atomic E-state index is -3.74. The molecule has 72 valence electrons. The van der Waals surface area contributed by atoms with E-state index in [1.54, 1.807) is 19.1 Å². The highest BCUT2D eigenvalue weighted by molar-refractivity contribution is 7.89. The number of nitrogens with zero attached hydrogens (tertiary/aromatic N) is 1. The van der Waals surface area contributed by atoms with Crippen molar-refractivity contribution in [2.45, 2.75) is 17.2 Å². The van der Waals surface area contributed by atoms with Crippen LogP contribution in [0, 0.1) is 0 Å². The van der Waals surface area contributed by atoms with E-state index in [9.17, 15) is 8.42 Å². The van der Waals surface area contributed by atoms with Gasteiger partial charge in [-0.25, -0.2) is 18.5 Å². The van der Waals surface area contributed by atoms with E-state index in [-0.39, 0.29) is 10.3 Å². The standard InChI is InChI=1S/C7H10N2O2S2/c1-5(12)6-3-2-4-9-7(6)13(8,10)11/h2-5,12H,1H3,(H2,8,10,11). The highest BCUT2D eigenvalue weighted by atomic mass is 32.2. The Labute approximate surface area is 82.6 Å². The molecule has 4 nitrogen and oxygen atoms in total. The van der Waals surface area contributed by atoms with Crippen molar-refractivity contribution in [3.63, 3.8) is 0 Å². The van der Waals surface area contributed by atoms with E-state index in [4.69, 9.17) is 5.14 Å². The first kappa shape index (κ1) is 10.5. The van der Waals surface area contributed by atoms with Crippen LogP contribution in [0.5, 0.6) is 0 Å². The minimum Gasteiger partial charge on any atom is -0.243 e.